The molecule has 0 aromatic heterocycles. The van der Waals surface area contributed by atoms with E-state index in [-0.39, 0.29) is 6.42 Å². The van der Waals surface area contributed by atoms with Crippen LogP contribution in [-0.2, 0) is 28.9 Å². The summed E-state index contributed by atoms with van der Waals surface area (Å²) in [5.74, 6) is -0.753. The summed E-state index contributed by atoms with van der Waals surface area (Å²) in [6.07, 6.45) is 17.1. The normalized spacial score (nSPS) is 23.6. The van der Waals surface area contributed by atoms with E-state index in [2.05, 4.69) is 35.5 Å². The summed E-state index contributed by atoms with van der Waals surface area (Å²) in [6, 6.07) is -1.15. The Morgan fingerprint density at radius 2 is 1.34 bits per heavy atom. The second kappa shape index (κ2) is 27.9. The first-order chi connectivity index (χ1) is 23.9. The molecule has 7 N–H and O–H groups in total. The zero-order valence-electron chi connectivity index (χ0n) is 30.1. The lowest BCUT2D eigenvalue weighted by Gasteiger charge is -2.41. The van der Waals surface area contributed by atoms with Gasteiger partial charge in [0, 0.05) is 0 Å². The minimum Gasteiger partial charge on any atom is -0.394 e. The third-order valence-corrected chi connectivity index (χ3v) is 8.97. The van der Waals surface area contributed by atoms with Gasteiger partial charge in [0.1, 0.15) is 30.5 Å². The first-order valence-corrected chi connectivity index (χ1v) is 19.8. The number of amides is 1. The monoisotopic (exact) mass is 735 g/mol. The summed E-state index contributed by atoms with van der Waals surface area (Å²) in [4.78, 5) is 12.9. The molecule has 292 valence electrons. The Balaban J connectivity index is 2.80. The molecule has 0 aromatic rings. The van der Waals surface area contributed by atoms with Crippen molar-refractivity contribution in [3.63, 3.8) is 0 Å². The summed E-state index contributed by atoms with van der Waals surface area (Å²) in [5.41, 5.74) is 0. The van der Waals surface area contributed by atoms with Crippen LogP contribution >= 0.6 is 0 Å². The molecule has 13 nitrogen and oxygen atoms in total. The van der Waals surface area contributed by atoms with Crippen LogP contribution in [0.5, 0.6) is 0 Å². The van der Waals surface area contributed by atoms with Gasteiger partial charge in [0.15, 0.2) is 6.29 Å². The van der Waals surface area contributed by atoms with Crippen molar-refractivity contribution < 1.29 is 57.0 Å². The number of nitrogens with one attached hydrogen (secondary N) is 1. The highest BCUT2D eigenvalue weighted by Crippen LogP contribution is 2.26. The quantitative estimate of drug-likeness (QED) is 0.0328. The summed E-state index contributed by atoms with van der Waals surface area (Å²) in [7, 11) is -5.12. The second-order valence-corrected chi connectivity index (χ2v) is 14.0. The second-order valence-electron chi connectivity index (χ2n) is 12.9. The minimum atomic E-state index is -5.12. The highest BCUT2D eigenvalue weighted by Gasteiger charge is 2.48. The Kier molecular flexibility index (Phi) is 25.8. The average molecular weight is 736 g/mol. The molecular formula is C36H65NO12S. The van der Waals surface area contributed by atoms with Gasteiger partial charge in [-0.15, -0.1) is 0 Å². The SMILES string of the molecule is CCCCCC/C=C\CCC(O)C(=O)NC(COC1OC(CO)C(O)C(OS(=O)(=O)O)C1O)C(O)/C=C/CC/C=C/CCCCCCCCC. The van der Waals surface area contributed by atoms with Gasteiger partial charge >= 0.3 is 10.4 Å². The lowest BCUT2D eigenvalue weighted by Crippen LogP contribution is -2.61. The molecule has 1 fully saturated rings. The third kappa shape index (κ3) is 21.0. The van der Waals surface area contributed by atoms with Crippen LogP contribution in [0.3, 0.4) is 0 Å². The van der Waals surface area contributed by atoms with Gasteiger partial charge in [-0.3, -0.25) is 9.35 Å². The highest BCUT2D eigenvalue weighted by atomic mass is 32.3. The van der Waals surface area contributed by atoms with E-state index in [1.165, 1.54) is 51.0 Å². The Hall–Kier alpha value is -1.72. The molecule has 1 saturated heterocycles. The maximum absolute atomic E-state index is 12.9. The average Bonchev–Trinajstić information content (AvgIpc) is 3.08. The van der Waals surface area contributed by atoms with Crippen LogP contribution in [0.2, 0.25) is 0 Å². The topological polar surface area (TPSA) is 212 Å². The first kappa shape index (κ1) is 46.3. The highest BCUT2D eigenvalue weighted by molar-refractivity contribution is 7.80. The number of carbonyl (C=O) groups is 1. The summed E-state index contributed by atoms with van der Waals surface area (Å²) in [6.45, 7) is 3.06. The number of unbranched alkanes of at least 4 members (excludes halogenated alkanes) is 12. The Labute approximate surface area is 299 Å². The van der Waals surface area contributed by atoms with Crippen molar-refractivity contribution >= 4 is 16.3 Å². The third-order valence-electron chi connectivity index (χ3n) is 8.51. The van der Waals surface area contributed by atoms with Crippen LogP contribution in [0, 0.1) is 0 Å². The molecular weight excluding hydrogens is 670 g/mol. The van der Waals surface area contributed by atoms with Crippen molar-refractivity contribution in [2.45, 2.75) is 172 Å². The zero-order chi connectivity index (χ0) is 37.2. The summed E-state index contributed by atoms with van der Waals surface area (Å²) in [5, 5.41) is 54.6. The number of hydrogen-bond donors (Lipinski definition) is 7. The smallest absolute Gasteiger partial charge is 0.394 e. The lowest BCUT2D eigenvalue weighted by atomic mass is 9.99. The number of carbonyl (C=O) groups excluding carboxylic acids is 1. The van der Waals surface area contributed by atoms with E-state index in [0.717, 1.165) is 44.9 Å². The van der Waals surface area contributed by atoms with E-state index in [1.54, 1.807) is 6.08 Å². The number of aliphatic hydroxyl groups excluding tert-OH is 5. The van der Waals surface area contributed by atoms with Crippen molar-refractivity contribution in [2.75, 3.05) is 13.2 Å². The Morgan fingerprint density at radius 1 is 0.800 bits per heavy atom. The predicted molar refractivity (Wildman–Crippen MR) is 191 cm³/mol. The molecule has 1 amide bonds. The molecule has 0 radical (unpaired) electrons. The van der Waals surface area contributed by atoms with Gasteiger partial charge in [0.25, 0.3) is 0 Å². The van der Waals surface area contributed by atoms with Gasteiger partial charge in [-0.05, 0) is 51.4 Å². The van der Waals surface area contributed by atoms with Gasteiger partial charge in [0.2, 0.25) is 5.91 Å². The van der Waals surface area contributed by atoms with Crippen LogP contribution in [0.1, 0.15) is 123 Å². The van der Waals surface area contributed by atoms with Gasteiger partial charge < -0.3 is 40.3 Å². The molecule has 0 bridgehead atoms. The van der Waals surface area contributed by atoms with Crippen molar-refractivity contribution in [2.24, 2.45) is 0 Å². The molecule has 8 atom stereocenters. The molecule has 0 aliphatic carbocycles. The van der Waals surface area contributed by atoms with E-state index in [9.17, 15) is 38.7 Å². The van der Waals surface area contributed by atoms with Crippen LogP contribution in [0.25, 0.3) is 0 Å². The van der Waals surface area contributed by atoms with Crippen molar-refractivity contribution in [3.8, 4) is 0 Å². The van der Waals surface area contributed by atoms with Crippen molar-refractivity contribution in [1.29, 1.82) is 0 Å². The van der Waals surface area contributed by atoms with Crippen LogP contribution in [0.15, 0.2) is 36.5 Å². The standard InChI is InChI=1S/C36H65NO12S/c1-3-5-7-9-11-13-14-15-16-17-19-20-22-24-29(39)28(37-35(43)30(40)25-23-21-18-12-10-8-6-4-2)27-47-36-33(42)34(49-50(44,45)46)32(41)31(26-38)48-36/h16-18,21-22,24,28-34,36,38-42H,3-15,19-20,23,25-27H2,1-2H3,(H,37,43)(H,44,45,46)/b17-16+,21-18-,24-22+. The predicted octanol–water partition coefficient (Wildman–Crippen LogP) is 4.18. The molecule has 1 aliphatic rings. The van der Waals surface area contributed by atoms with E-state index in [1.807, 2.05) is 12.2 Å². The van der Waals surface area contributed by atoms with Crippen molar-refractivity contribution in [1.82, 2.24) is 5.32 Å². The fraction of sp³-hybridized carbons (Fsp3) is 0.806. The van der Waals surface area contributed by atoms with Gasteiger partial charge in [0.05, 0.1) is 25.4 Å². The van der Waals surface area contributed by atoms with Crippen molar-refractivity contribution in [3.05, 3.63) is 36.5 Å². The maximum Gasteiger partial charge on any atom is 0.397 e. The van der Waals surface area contributed by atoms with Crippen LogP contribution in [-0.4, -0.2) is 107 Å². The molecule has 8 unspecified atom stereocenters. The van der Waals surface area contributed by atoms with E-state index in [4.69, 9.17) is 14.0 Å². The number of rotatable bonds is 29. The molecule has 0 spiro atoms. The fourth-order valence-corrected chi connectivity index (χ4v) is 5.98. The minimum absolute atomic E-state index is 0.150. The zero-order valence-corrected chi connectivity index (χ0v) is 30.9. The Morgan fingerprint density at radius 3 is 1.94 bits per heavy atom. The number of ether oxygens (including phenoxy) is 2. The van der Waals surface area contributed by atoms with Gasteiger partial charge in [-0.2, -0.15) is 8.42 Å². The number of aliphatic hydroxyl groups is 5. The molecule has 1 aliphatic heterocycles. The number of hydrogen-bond acceptors (Lipinski definition) is 11. The molecule has 0 saturated carbocycles. The van der Waals surface area contributed by atoms with Crippen LogP contribution < -0.4 is 5.32 Å². The molecule has 14 heteroatoms. The molecule has 0 aromatic carbocycles. The summed E-state index contributed by atoms with van der Waals surface area (Å²) >= 11 is 0. The number of allylic oxidation sites excluding steroid dienone is 5. The van der Waals surface area contributed by atoms with E-state index < -0.39 is 78.5 Å². The lowest BCUT2D eigenvalue weighted by molar-refractivity contribution is -0.298. The molecule has 1 heterocycles. The first-order valence-electron chi connectivity index (χ1n) is 18.5. The van der Waals surface area contributed by atoms with Gasteiger partial charge in [-0.25, -0.2) is 4.18 Å². The largest absolute Gasteiger partial charge is 0.397 e. The van der Waals surface area contributed by atoms with Crippen LogP contribution in [0.4, 0.5) is 0 Å². The van der Waals surface area contributed by atoms with E-state index >= 15 is 0 Å². The summed E-state index contributed by atoms with van der Waals surface area (Å²) < 4.78 is 47.1. The Bertz CT molecular complexity index is 1070. The molecule has 1 rings (SSSR count). The molecule has 50 heavy (non-hydrogen) atoms. The van der Waals surface area contributed by atoms with E-state index in [0.29, 0.717) is 12.8 Å². The fourth-order valence-electron chi connectivity index (χ4n) is 5.48. The van der Waals surface area contributed by atoms with Gasteiger partial charge in [-0.1, -0.05) is 108 Å². The maximum atomic E-state index is 12.9.